The third-order valence-corrected chi connectivity index (χ3v) is 4.43. The Morgan fingerprint density at radius 1 is 1.24 bits per heavy atom. The Kier molecular flexibility index (Phi) is 6.27. The highest BCUT2D eigenvalue weighted by atomic mass is 32.2. The van der Waals surface area contributed by atoms with Gasteiger partial charge >= 0.3 is 0 Å². The van der Waals surface area contributed by atoms with Gasteiger partial charge in [-0.25, -0.2) is 0 Å². The Hall–Kier alpha value is 0.230. The Labute approximate surface area is 111 Å². The van der Waals surface area contributed by atoms with Crippen LogP contribution in [0.4, 0.5) is 0 Å². The largest absolute Gasteiger partial charge is 0.395 e. The highest BCUT2D eigenvalue weighted by Gasteiger charge is 2.23. The minimum atomic E-state index is 0.282. The van der Waals surface area contributed by atoms with Gasteiger partial charge in [0.15, 0.2) is 0 Å². The van der Waals surface area contributed by atoms with Crippen molar-refractivity contribution >= 4 is 11.8 Å². The van der Waals surface area contributed by atoms with Gasteiger partial charge in [0.2, 0.25) is 0 Å². The molecule has 0 aliphatic carbocycles. The molecule has 102 valence electrons. The number of β-amino-alcohol motifs (C(OH)–C–C–N with tert-alkyl or cyclic N) is 1. The molecule has 4 heteroatoms. The smallest absolute Gasteiger partial charge is 0.0558 e. The van der Waals surface area contributed by atoms with E-state index in [9.17, 15) is 0 Å². The van der Waals surface area contributed by atoms with E-state index in [0.29, 0.717) is 10.8 Å². The summed E-state index contributed by atoms with van der Waals surface area (Å²) in [6, 6.07) is 0.579. The van der Waals surface area contributed by atoms with Gasteiger partial charge in [-0.1, -0.05) is 20.8 Å². The predicted octanol–water partition coefficient (Wildman–Crippen LogP) is 1.52. The molecule has 0 aromatic carbocycles. The fourth-order valence-corrected chi connectivity index (χ4v) is 3.18. The van der Waals surface area contributed by atoms with Crippen molar-refractivity contribution in [2.75, 3.05) is 45.1 Å². The maximum Gasteiger partial charge on any atom is 0.0558 e. The second-order valence-electron chi connectivity index (χ2n) is 5.87. The molecule has 17 heavy (non-hydrogen) atoms. The maximum atomic E-state index is 8.97. The molecule has 0 saturated carbocycles. The van der Waals surface area contributed by atoms with Gasteiger partial charge in [-0.2, -0.15) is 11.8 Å². The number of nitrogens with zero attached hydrogens (tertiary/aromatic N) is 2. The van der Waals surface area contributed by atoms with Crippen LogP contribution in [0.2, 0.25) is 0 Å². The Morgan fingerprint density at radius 3 is 2.47 bits per heavy atom. The topological polar surface area (TPSA) is 26.7 Å². The molecule has 0 radical (unpaired) electrons. The summed E-state index contributed by atoms with van der Waals surface area (Å²) in [7, 11) is 0. The first kappa shape index (κ1) is 15.3. The fourth-order valence-electron chi connectivity index (χ4n) is 2.22. The summed E-state index contributed by atoms with van der Waals surface area (Å²) in [5.74, 6) is 1.22. The SMILES string of the molecule is C[C@@H]1CN(CCSC(C)(C)C)CCN1CCO. The molecule has 0 bridgehead atoms. The summed E-state index contributed by atoms with van der Waals surface area (Å²) in [6.07, 6.45) is 0. The van der Waals surface area contributed by atoms with E-state index in [1.807, 2.05) is 11.8 Å². The lowest BCUT2D eigenvalue weighted by Gasteiger charge is -2.39. The normalized spacial score (nSPS) is 24.2. The number of hydrogen-bond acceptors (Lipinski definition) is 4. The zero-order valence-corrected chi connectivity index (χ0v) is 12.6. The van der Waals surface area contributed by atoms with Crippen LogP contribution < -0.4 is 0 Å². The van der Waals surface area contributed by atoms with E-state index < -0.39 is 0 Å². The molecule has 0 aromatic heterocycles. The second kappa shape index (κ2) is 6.98. The molecular formula is C13H28N2OS. The molecule has 1 fully saturated rings. The minimum absolute atomic E-state index is 0.282. The van der Waals surface area contributed by atoms with Crippen molar-refractivity contribution in [3.8, 4) is 0 Å². The second-order valence-corrected chi connectivity index (χ2v) is 7.79. The molecule has 0 amide bonds. The first-order valence-corrected chi connectivity index (χ1v) is 7.62. The van der Waals surface area contributed by atoms with Crippen LogP contribution in [0.25, 0.3) is 0 Å². The number of hydrogen-bond donors (Lipinski definition) is 1. The van der Waals surface area contributed by atoms with Crippen LogP contribution in [0.15, 0.2) is 0 Å². The molecule has 0 spiro atoms. The van der Waals surface area contributed by atoms with Crippen molar-refractivity contribution in [1.29, 1.82) is 0 Å². The van der Waals surface area contributed by atoms with Gasteiger partial charge in [0.25, 0.3) is 0 Å². The van der Waals surface area contributed by atoms with Crippen LogP contribution >= 0.6 is 11.8 Å². The van der Waals surface area contributed by atoms with Crippen LogP contribution in [0, 0.1) is 0 Å². The van der Waals surface area contributed by atoms with E-state index in [1.54, 1.807) is 0 Å². The molecule has 1 N–H and O–H groups in total. The van der Waals surface area contributed by atoms with Crippen LogP contribution in [-0.2, 0) is 0 Å². The zero-order chi connectivity index (χ0) is 12.9. The van der Waals surface area contributed by atoms with Gasteiger partial charge in [-0.05, 0) is 6.92 Å². The van der Waals surface area contributed by atoms with Crippen molar-refractivity contribution in [2.45, 2.75) is 38.5 Å². The number of thioether (sulfide) groups is 1. The summed E-state index contributed by atoms with van der Waals surface area (Å²) in [5.41, 5.74) is 0. The number of aliphatic hydroxyl groups excluding tert-OH is 1. The zero-order valence-electron chi connectivity index (χ0n) is 11.8. The van der Waals surface area contributed by atoms with Crippen molar-refractivity contribution in [3.05, 3.63) is 0 Å². The lowest BCUT2D eigenvalue weighted by Crippen LogP contribution is -2.52. The monoisotopic (exact) mass is 260 g/mol. The van der Waals surface area contributed by atoms with Gasteiger partial charge in [0, 0.05) is 49.3 Å². The van der Waals surface area contributed by atoms with E-state index >= 15 is 0 Å². The first-order valence-electron chi connectivity index (χ1n) is 6.63. The molecule has 1 aliphatic rings. The van der Waals surface area contributed by atoms with E-state index in [-0.39, 0.29) is 6.61 Å². The fraction of sp³-hybridized carbons (Fsp3) is 1.00. The summed E-state index contributed by atoms with van der Waals surface area (Å²) < 4.78 is 0.379. The standard InChI is InChI=1S/C13H28N2OS/c1-12-11-14(5-6-15(12)7-9-16)8-10-17-13(2,3)4/h12,16H,5-11H2,1-4H3/t12-/m1/s1. The molecule has 0 aromatic rings. The molecule has 1 atom stereocenters. The Bertz CT molecular complexity index is 218. The average molecular weight is 260 g/mol. The van der Waals surface area contributed by atoms with E-state index in [2.05, 4.69) is 37.5 Å². The summed E-state index contributed by atoms with van der Waals surface area (Å²) >= 11 is 2.04. The molecule has 1 aliphatic heterocycles. The summed E-state index contributed by atoms with van der Waals surface area (Å²) in [4.78, 5) is 4.94. The molecular weight excluding hydrogens is 232 g/mol. The van der Waals surface area contributed by atoms with Crippen molar-refractivity contribution in [1.82, 2.24) is 9.80 Å². The van der Waals surface area contributed by atoms with Crippen LogP contribution in [0.3, 0.4) is 0 Å². The molecule has 1 heterocycles. The van der Waals surface area contributed by atoms with E-state index in [1.165, 1.54) is 12.3 Å². The van der Waals surface area contributed by atoms with E-state index in [4.69, 9.17) is 5.11 Å². The highest BCUT2D eigenvalue weighted by molar-refractivity contribution is 8.00. The van der Waals surface area contributed by atoms with Gasteiger partial charge in [-0.3, -0.25) is 9.80 Å². The molecule has 1 saturated heterocycles. The number of rotatable bonds is 5. The van der Waals surface area contributed by atoms with Crippen molar-refractivity contribution < 1.29 is 5.11 Å². The first-order chi connectivity index (χ1) is 7.92. The van der Waals surface area contributed by atoms with Gasteiger partial charge in [0.1, 0.15) is 0 Å². The number of piperazine rings is 1. The summed E-state index contributed by atoms with van der Waals surface area (Å²) in [6.45, 7) is 14.8. The highest BCUT2D eigenvalue weighted by Crippen LogP contribution is 2.23. The quantitative estimate of drug-likeness (QED) is 0.811. The van der Waals surface area contributed by atoms with Gasteiger partial charge in [0.05, 0.1) is 6.61 Å². The minimum Gasteiger partial charge on any atom is -0.395 e. The van der Waals surface area contributed by atoms with Crippen molar-refractivity contribution in [2.24, 2.45) is 0 Å². The maximum absolute atomic E-state index is 8.97. The van der Waals surface area contributed by atoms with Crippen molar-refractivity contribution in [3.63, 3.8) is 0 Å². The Morgan fingerprint density at radius 2 is 1.94 bits per heavy atom. The Balaban J connectivity index is 2.21. The third-order valence-electron chi connectivity index (χ3n) is 3.18. The number of aliphatic hydroxyl groups is 1. The van der Waals surface area contributed by atoms with Crippen LogP contribution in [0.1, 0.15) is 27.7 Å². The van der Waals surface area contributed by atoms with Gasteiger partial charge < -0.3 is 5.11 Å². The lowest BCUT2D eigenvalue weighted by atomic mass is 10.2. The summed E-state index contributed by atoms with van der Waals surface area (Å²) in [5, 5.41) is 8.97. The molecule has 1 rings (SSSR count). The van der Waals surface area contributed by atoms with E-state index in [0.717, 1.165) is 26.2 Å². The average Bonchev–Trinajstić information content (AvgIpc) is 2.20. The third kappa shape index (κ3) is 6.09. The van der Waals surface area contributed by atoms with Crippen LogP contribution in [0.5, 0.6) is 0 Å². The van der Waals surface area contributed by atoms with Gasteiger partial charge in [-0.15, -0.1) is 0 Å². The molecule has 0 unspecified atom stereocenters. The molecule has 3 nitrogen and oxygen atoms in total. The van der Waals surface area contributed by atoms with Crippen LogP contribution in [-0.4, -0.2) is 70.8 Å². The predicted molar refractivity (Wildman–Crippen MR) is 76.8 cm³/mol. The lowest BCUT2D eigenvalue weighted by molar-refractivity contribution is 0.0720.